The molecule has 0 saturated heterocycles. The lowest BCUT2D eigenvalue weighted by molar-refractivity contribution is 0.314. The van der Waals surface area contributed by atoms with Crippen molar-refractivity contribution in [1.29, 1.82) is 0 Å². The van der Waals surface area contributed by atoms with Crippen molar-refractivity contribution in [3.05, 3.63) is 84.2 Å². The minimum atomic E-state index is 0.612. The van der Waals surface area contributed by atoms with Crippen LogP contribution in [0.3, 0.4) is 0 Å². The van der Waals surface area contributed by atoms with Gasteiger partial charge >= 0.3 is 0 Å². The molecule has 0 saturated carbocycles. The van der Waals surface area contributed by atoms with Gasteiger partial charge in [0.15, 0.2) is 0 Å². The number of hydrogen-bond acceptors (Lipinski definition) is 4. The molecule has 4 aromatic rings. The number of anilines is 1. The van der Waals surface area contributed by atoms with E-state index in [9.17, 15) is 0 Å². The minimum absolute atomic E-state index is 0.612. The molecule has 0 radical (unpaired) electrons. The first-order valence-electron chi connectivity index (χ1n) is 9.87. The number of nitrogens with two attached hydrogens (primary N) is 1. The largest absolute Gasteiger partial charge is 0.493 e. The molecule has 0 aliphatic heterocycles. The lowest BCUT2D eigenvalue weighted by Gasteiger charge is -2.18. The molecule has 2 N–H and O–H groups in total. The topological polar surface area (TPSA) is 55.8 Å². The summed E-state index contributed by atoms with van der Waals surface area (Å²) in [5.74, 6) is 0.846. The number of rotatable bonds is 7. The van der Waals surface area contributed by atoms with Gasteiger partial charge in [-0.25, -0.2) is 4.98 Å². The summed E-state index contributed by atoms with van der Waals surface area (Å²) in [5.41, 5.74) is 12.0. The molecule has 5 heteroatoms. The third-order valence-electron chi connectivity index (χ3n) is 4.90. The van der Waals surface area contributed by atoms with Gasteiger partial charge in [-0.05, 0) is 43.8 Å². The number of nitrogen functional groups attached to an aromatic ring is 1. The first-order valence-corrected chi connectivity index (χ1v) is 9.87. The van der Waals surface area contributed by atoms with Crippen LogP contribution >= 0.6 is 0 Å². The Morgan fingerprint density at radius 2 is 1.72 bits per heavy atom. The van der Waals surface area contributed by atoms with E-state index in [2.05, 4.69) is 46.7 Å². The van der Waals surface area contributed by atoms with E-state index in [-0.39, 0.29) is 0 Å². The lowest BCUT2D eigenvalue weighted by atomic mass is 10.1. The fourth-order valence-corrected chi connectivity index (χ4v) is 3.63. The van der Waals surface area contributed by atoms with Crippen molar-refractivity contribution in [2.24, 2.45) is 0 Å². The highest BCUT2D eigenvalue weighted by Crippen LogP contribution is 2.33. The molecule has 148 valence electrons. The van der Waals surface area contributed by atoms with Crippen LogP contribution in [-0.4, -0.2) is 27.9 Å². The molecule has 29 heavy (non-hydrogen) atoms. The highest BCUT2D eigenvalue weighted by atomic mass is 16.5. The number of ether oxygens (including phenoxy) is 1. The van der Waals surface area contributed by atoms with Crippen LogP contribution in [0.5, 0.6) is 5.75 Å². The molecule has 0 bridgehead atoms. The zero-order valence-electron chi connectivity index (χ0n) is 16.9. The van der Waals surface area contributed by atoms with E-state index in [1.54, 1.807) is 0 Å². The first kappa shape index (κ1) is 19.0. The van der Waals surface area contributed by atoms with Crippen molar-refractivity contribution < 1.29 is 4.74 Å². The van der Waals surface area contributed by atoms with E-state index < -0.39 is 0 Å². The number of para-hydroxylation sites is 1. The summed E-state index contributed by atoms with van der Waals surface area (Å²) >= 11 is 0. The third-order valence-corrected chi connectivity index (χ3v) is 4.90. The second kappa shape index (κ2) is 8.37. The fraction of sp³-hybridized carbons (Fsp3) is 0.208. The number of imidazole rings is 1. The summed E-state index contributed by atoms with van der Waals surface area (Å²) < 4.78 is 7.97. The van der Waals surface area contributed by atoms with Gasteiger partial charge in [-0.2, -0.15) is 0 Å². The van der Waals surface area contributed by atoms with E-state index >= 15 is 0 Å². The summed E-state index contributed by atoms with van der Waals surface area (Å²) in [6.45, 7) is 4.19. The fourth-order valence-electron chi connectivity index (χ4n) is 3.63. The van der Waals surface area contributed by atoms with Crippen LogP contribution in [0.2, 0.25) is 0 Å². The first-order chi connectivity index (χ1) is 14.2. The van der Waals surface area contributed by atoms with Gasteiger partial charge in [-0.1, -0.05) is 42.5 Å². The number of aromatic nitrogens is 2. The van der Waals surface area contributed by atoms with E-state index in [0.717, 1.165) is 41.4 Å². The van der Waals surface area contributed by atoms with Crippen molar-refractivity contribution in [2.45, 2.75) is 20.0 Å². The van der Waals surface area contributed by atoms with Crippen LogP contribution in [0, 0.1) is 0 Å². The van der Waals surface area contributed by atoms with E-state index in [1.807, 2.05) is 49.5 Å². The van der Waals surface area contributed by atoms with E-state index in [0.29, 0.717) is 12.3 Å². The molecule has 0 aliphatic carbocycles. The van der Waals surface area contributed by atoms with Crippen LogP contribution in [0.15, 0.2) is 72.9 Å². The van der Waals surface area contributed by atoms with E-state index in [4.69, 9.17) is 15.5 Å². The average molecular weight is 386 g/mol. The molecule has 0 spiro atoms. The summed E-state index contributed by atoms with van der Waals surface area (Å²) in [5, 5.41) is 0. The molecule has 0 unspecified atom stereocenters. The highest BCUT2D eigenvalue weighted by molar-refractivity contribution is 5.72. The van der Waals surface area contributed by atoms with Gasteiger partial charge in [-0.3, -0.25) is 4.90 Å². The van der Waals surface area contributed by atoms with Crippen LogP contribution < -0.4 is 10.5 Å². The third kappa shape index (κ3) is 4.10. The maximum absolute atomic E-state index is 6.09. The monoisotopic (exact) mass is 386 g/mol. The Morgan fingerprint density at radius 3 is 2.52 bits per heavy atom. The van der Waals surface area contributed by atoms with Gasteiger partial charge in [0.2, 0.25) is 0 Å². The SMILES string of the molecule is CCOc1ccccc1-c1nc2ccc(N)cn2c1CN(C)Cc1ccccc1. The standard InChI is InChI=1S/C24H26N4O/c1-3-29-22-12-8-7-11-20(22)24-21(28-16-19(25)13-14-23(28)26-24)17-27(2)15-18-9-5-4-6-10-18/h4-14,16H,3,15,17,25H2,1-2H3. The molecule has 0 aliphatic rings. The van der Waals surface area contributed by atoms with Crippen molar-refractivity contribution >= 4 is 11.3 Å². The molecule has 5 nitrogen and oxygen atoms in total. The predicted molar refractivity (Wildman–Crippen MR) is 118 cm³/mol. The lowest BCUT2D eigenvalue weighted by Crippen LogP contribution is -2.19. The van der Waals surface area contributed by atoms with Crippen LogP contribution in [0.4, 0.5) is 5.69 Å². The smallest absolute Gasteiger partial charge is 0.137 e. The van der Waals surface area contributed by atoms with Crippen LogP contribution in [0.1, 0.15) is 18.2 Å². The second-order valence-electron chi connectivity index (χ2n) is 7.18. The number of nitrogens with zero attached hydrogens (tertiary/aromatic N) is 3. The second-order valence-corrected chi connectivity index (χ2v) is 7.18. The van der Waals surface area contributed by atoms with E-state index in [1.165, 1.54) is 5.56 Å². The van der Waals surface area contributed by atoms with Crippen molar-refractivity contribution in [1.82, 2.24) is 14.3 Å². The van der Waals surface area contributed by atoms with Gasteiger partial charge in [-0.15, -0.1) is 0 Å². The average Bonchev–Trinajstić information content (AvgIpc) is 3.07. The quantitative estimate of drug-likeness (QED) is 0.504. The molecule has 0 amide bonds. The maximum Gasteiger partial charge on any atom is 0.137 e. The molecular formula is C24H26N4O. The van der Waals surface area contributed by atoms with Crippen molar-refractivity contribution in [3.63, 3.8) is 0 Å². The Morgan fingerprint density at radius 1 is 0.966 bits per heavy atom. The number of pyridine rings is 1. The van der Waals surface area contributed by atoms with Gasteiger partial charge in [0.25, 0.3) is 0 Å². The Balaban J connectivity index is 1.77. The van der Waals surface area contributed by atoms with Gasteiger partial charge in [0, 0.05) is 30.5 Å². The Hall–Kier alpha value is -3.31. The van der Waals surface area contributed by atoms with Crippen molar-refractivity contribution in [3.8, 4) is 17.0 Å². The number of fused-ring (bicyclic) bond motifs is 1. The molecule has 4 rings (SSSR count). The molecule has 0 fully saturated rings. The van der Waals surface area contributed by atoms with Gasteiger partial charge in [0.1, 0.15) is 11.4 Å². The van der Waals surface area contributed by atoms with Crippen molar-refractivity contribution in [2.75, 3.05) is 19.4 Å². The number of hydrogen-bond donors (Lipinski definition) is 1. The molecule has 0 atom stereocenters. The van der Waals surface area contributed by atoms with Gasteiger partial charge < -0.3 is 14.9 Å². The zero-order chi connectivity index (χ0) is 20.2. The molecular weight excluding hydrogens is 360 g/mol. The molecule has 2 heterocycles. The zero-order valence-corrected chi connectivity index (χ0v) is 16.9. The normalized spacial score (nSPS) is 11.3. The Labute approximate surface area is 171 Å². The molecule has 2 aromatic heterocycles. The Kier molecular flexibility index (Phi) is 5.49. The predicted octanol–water partition coefficient (Wildman–Crippen LogP) is 4.61. The highest BCUT2D eigenvalue weighted by Gasteiger charge is 2.19. The Bertz CT molecular complexity index is 1100. The summed E-state index contributed by atoms with van der Waals surface area (Å²) in [6.07, 6.45) is 1.95. The minimum Gasteiger partial charge on any atom is -0.493 e. The summed E-state index contributed by atoms with van der Waals surface area (Å²) in [6, 6.07) is 22.4. The molecule has 2 aromatic carbocycles. The summed E-state index contributed by atoms with van der Waals surface area (Å²) in [4.78, 5) is 7.21. The summed E-state index contributed by atoms with van der Waals surface area (Å²) in [7, 11) is 2.12. The van der Waals surface area contributed by atoms with Crippen LogP contribution in [0.25, 0.3) is 16.9 Å². The maximum atomic E-state index is 6.09. The number of benzene rings is 2. The van der Waals surface area contributed by atoms with Gasteiger partial charge in [0.05, 0.1) is 18.0 Å². The van der Waals surface area contributed by atoms with Crippen LogP contribution in [-0.2, 0) is 13.1 Å².